The standard InChI is InChI=1S/C21H21N5O2S2/c1-12-22-21-26(23-12)20(28)19(30-21)18(14-5-6-29-11-14)24-8-13-7-15(10-24)16-3-2-4-17(27)25(16)9-13/h2-6,11,13,15,18,28H,7-10H2,1H3/t13-,15+,18?/m1/s1. The van der Waals surface area contributed by atoms with Gasteiger partial charge in [-0.3, -0.25) is 9.69 Å². The largest absolute Gasteiger partial charge is 0.492 e. The lowest BCUT2D eigenvalue weighted by Gasteiger charge is -2.45. The van der Waals surface area contributed by atoms with E-state index in [9.17, 15) is 9.90 Å². The predicted molar refractivity (Wildman–Crippen MR) is 117 cm³/mol. The van der Waals surface area contributed by atoms with Gasteiger partial charge in [-0.1, -0.05) is 17.4 Å². The van der Waals surface area contributed by atoms with Crippen molar-refractivity contribution in [1.29, 1.82) is 0 Å². The molecule has 2 bridgehead atoms. The van der Waals surface area contributed by atoms with E-state index in [-0.39, 0.29) is 17.5 Å². The number of rotatable bonds is 3. The lowest BCUT2D eigenvalue weighted by molar-refractivity contribution is 0.0953. The van der Waals surface area contributed by atoms with Gasteiger partial charge >= 0.3 is 0 Å². The number of nitrogens with zero attached hydrogens (tertiary/aromatic N) is 5. The Morgan fingerprint density at radius 1 is 1.23 bits per heavy atom. The number of likely N-dealkylation sites (tertiary alicyclic amines) is 1. The van der Waals surface area contributed by atoms with Crippen LogP contribution in [0.15, 0.2) is 39.8 Å². The summed E-state index contributed by atoms with van der Waals surface area (Å²) in [6.07, 6.45) is 1.11. The van der Waals surface area contributed by atoms with Crippen LogP contribution in [0.5, 0.6) is 5.88 Å². The Balaban J connectivity index is 1.43. The van der Waals surface area contributed by atoms with Crippen molar-refractivity contribution in [3.8, 4) is 5.88 Å². The first-order valence-corrected chi connectivity index (χ1v) is 11.9. The molecule has 30 heavy (non-hydrogen) atoms. The van der Waals surface area contributed by atoms with Crippen LogP contribution >= 0.6 is 22.7 Å². The molecule has 0 saturated carbocycles. The van der Waals surface area contributed by atoms with E-state index >= 15 is 0 Å². The molecule has 6 heterocycles. The highest BCUT2D eigenvalue weighted by Crippen LogP contribution is 2.45. The zero-order chi connectivity index (χ0) is 20.4. The molecular formula is C21H21N5O2S2. The summed E-state index contributed by atoms with van der Waals surface area (Å²) in [7, 11) is 0. The predicted octanol–water partition coefficient (Wildman–Crippen LogP) is 3.24. The molecule has 0 aromatic carbocycles. The van der Waals surface area contributed by atoms with Crippen molar-refractivity contribution in [2.45, 2.75) is 31.8 Å². The highest BCUT2D eigenvalue weighted by molar-refractivity contribution is 7.17. The van der Waals surface area contributed by atoms with Gasteiger partial charge in [0.2, 0.25) is 10.8 Å². The van der Waals surface area contributed by atoms with E-state index < -0.39 is 0 Å². The first kappa shape index (κ1) is 18.3. The van der Waals surface area contributed by atoms with Crippen LogP contribution < -0.4 is 5.56 Å². The molecule has 9 heteroatoms. The summed E-state index contributed by atoms with van der Waals surface area (Å²) in [6, 6.07) is 7.72. The van der Waals surface area contributed by atoms with Gasteiger partial charge in [0.25, 0.3) is 5.56 Å². The molecule has 0 radical (unpaired) electrons. The van der Waals surface area contributed by atoms with Gasteiger partial charge in [0, 0.05) is 37.3 Å². The van der Waals surface area contributed by atoms with E-state index in [4.69, 9.17) is 0 Å². The molecule has 4 aromatic heterocycles. The van der Waals surface area contributed by atoms with Crippen LogP contribution in [-0.2, 0) is 6.54 Å². The molecule has 3 atom stereocenters. The van der Waals surface area contributed by atoms with E-state index in [1.54, 1.807) is 21.9 Å². The number of thiazole rings is 1. The van der Waals surface area contributed by atoms with Crippen molar-refractivity contribution in [3.63, 3.8) is 0 Å². The number of pyridine rings is 1. The fraction of sp³-hybridized carbons (Fsp3) is 0.381. The van der Waals surface area contributed by atoms with Gasteiger partial charge in [-0.25, -0.2) is 4.98 Å². The fourth-order valence-electron chi connectivity index (χ4n) is 5.13. The van der Waals surface area contributed by atoms with Gasteiger partial charge in [0.15, 0.2) is 0 Å². The lowest BCUT2D eigenvalue weighted by Crippen LogP contribution is -2.48. The molecule has 0 spiro atoms. The van der Waals surface area contributed by atoms with Crippen molar-refractivity contribution in [1.82, 2.24) is 24.1 Å². The summed E-state index contributed by atoms with van der Waals surface area (Å²) < 4.78 is 3.51. The van der Waals surface area contributed by atoms with Crippen LogP contribution in [0.4, 0.5) is 0 Å². The molecule has 2 aliphatic heterocycles. The molecule has 154 valence electrons. The summed E-state index contributed by atoms with van der Waals surface area (Å²) in [5, 5.41) is 19.6. The summed E-state index contributed by atoms with van der Waals surface area (Å²) in [5.41, 5.74) is 2.42. The van der Waals surface area contributed by atoms with Crippen molar-refractivity contribution in [3.05, 3.63) is 67.3 Å². The van der Waals surface area contributed by atoms with Gasteiger partial charge in [-0.15, -0.1) is 5.10 Å². The molecule has 1 saturated heterocycles. The maximum absolute atomic E-state index is 12.4. The van der Waals surface area contributed by atoms with E-state index in [0.29, 0.717) is 22.6 Å². The van der Waals surface area contributed by atoms with Gasteiger partial charge in [0.1, 0.15) is 5.82 Å². The normalized spacial score (nSPS) is 22.3. The van der Waals surface area contributed by atoms with E-state index in [1.165, 1.54) is 16.9 Å². The maximum Gasteiger partial charge on any atom is 0.250 e. The van der Waals surface area contributed by atoms with E-state index in [1.807, 2.05) is 17.6 Å². The molecule has 1 fully saturated rings. The van der Waals surface area contributed by atoms with E-state index in [0.717, 1.165) is 36.6 Å². The van der Waals surface area contributed by atoms with Crippen LogP contribution in [0.2, 0.25) is 0 Å². The molecule has 4 aromatic rings. The number of fused-ring (bicyclic) bond motifs is 5. The summed E-state index contributed by atoms with van der Waals surface area (Å²) in [6.45, 7) is 4.34. The second-order valence-electron chi connectivity index (χ2n) is 8.25. The smallest absolute Gasteiger partial charge is 0.250 e. The topological polar surface area (TPSA) is 75.7 Å². The van der Waals surface area contributed by atoms with Crippen LogP contribution in [0.25, 0.3) is 4.96 Å². The molecule has 1 unspecified atom stereocenters. The van der Waals surface area contributed by atoms with Crippen molar-refractivity contribution < 1.29 is 5.11 Å². The summed E-state index contributed by atoms with van der Waals surface area (Å²) >= 11 is 3.18. The van der Waals surface area contributed by atoms with Crippen LogP contribution in [-0.4, -0.2) is 42.3 Å². The first-order valence-electron chi connectivity index (χ1n) is 10.1. The SMILES string of the molecule is Cc1nc2sc(C(c3ccsc3)N3C[C@H]4C[C@@H](C3)c3cccc(=O)n3C4)c(O)n2n1. The first-order chi connectivity index (χ1) is 14.6. The molecule has 7 nitrogen and oxygen atoms in total. The number of hydrogen-bond acceptors (Lipinski definition) is 7. The fourth-order valence-corrected chi connectivity index (χ4v) is 6.97. The van der Waals surface area contributed by atoms with Gasteiger partial charge in [-0.2, -0.15) is 15.9 Å². The van der Waals surface area contributed by atoms with Gasteiger partial charge in [0.05, 0.1) is 10.9 Å². The molecule has 2 aliphatic rings. The molecular weight excluding hydrogens is 418 g/mol. The van der Waals surface area contributed by atoms with Crippen LogP contribution in [0, 0.1) is 12.8 Å². The Morgan fingerprint density at radius 2 is 2.13 bits per heavy atom. The highest BCUT2D eigenvalue weighted by atomic mass is 32.1. The maximum atomic E-state index is 12.4. The Hall–Kier alpha value is -2.49. The quantitative estimate of drug-likeness (QED) is 0.530. The monoisotopic (exact) mass is 439 g/mol. The second kappa shape index (κ2) is 6.76. The Bertz CT molecular complexity index is 1290. The Morgan fingerprint density at radius 3 is 2.93 bits per heavy atom. The van der Waals surface area contributed by atoms with Gasteiger partial charge < -0.3 is 9.67 Å². The minimum Gasteiger partial charge on any atom is -0.492 e. The average molecular weight is 440 g/mol. The Labute approximate surface area is 180 Å². The number of aryl methyl sites for hydroxylation is 1. The minimum atomic E-state index is -0.0441. The third-order valence-corrected chi connectivity index (χ3v) is 8.06. The third kappa shape index (κ3) is 2.76. The number of aromatic hydroxyl groups is 1. The number of piperidine rings is 1. The van der Waals surface area contributed by atoms with Crippen molar-refractivity contribution in [2.24, 2.45) is 5.92 Å². The molecule has 0 aliphatic carbocycles. The second-order valence-corrected chi connectivity index (χ2v) is 10.0. The van der Waals surface area contributed by atoms with Crippen molar-refractivity contribution in [2.75, 3.05) is 13.1 Å². The third-order valence-electron chi connectivity index (χ3n) is 6.29. The number of aromatic nitrogens is 4. The van der Waals surface area contributed by atoms with Crippen LogP contribution in [0.3, 0.4) is 0 Å². The number of thiophene rings is 1. The van der Waals surface area contributed by atoms with E-state index in [2.05, 4.69) is 37.9 Å². The number of hydrogen-bond donors (Lipinski definition) is 1. The highest BCUT2D eigenvalue weighted by Gasteiger charge is 2.39. The average Bonchev–Trinajstić information content (AvgIpc) is 3.43. The zero-order valence-corrected chi connectivity index (χ0v) is 18.1. The summed E-state index contributed by atoms with van der Waals surface area (Å²) in [4.78, 5) is 20.9. The van der Waals surface area contributed by atoms with Gasteiger partial charge in [-0.05, 0) is 47.7 Å². The molecule has 1 N–H and O–H groups in total. The minimum absolute atomic E-state index is 0.0441. The Kier molecular flexibility index (Phi) is 4.12. The molecule has 0 amide bonds. The lowest BCUT2D eigenvalue weighted by atomic mass is 9.82. The zero-order valence-electron chi connectivity index (χ0n) is 16.4. The van der Waals surface area contributed by atoms with Crippen LogP contribution in [0.1, 0.15) is 40.3 Å². The summed E-state index contributed by atoms with van der Waals surface area (Å²) in [5.74, 6) is 1.58. The molecule has 6 rings (SSSR count). The van der Waals surface area contributed by atoms with Crippen molar-refractivity contribution >= 4 is 27.6 Å².